The molecule has 2 nitrogen and oxygen atoms in total. The maximum Gasteiger partial charge on any atom is 0.250 e. The van der Waals surface area contributed by atoms with Gasteiger partial charge in [0.05, 0.1) is 0 Å². The Bertz CT molecular complexity index is 222. The molecule has 74 valence electrons. The number of hydrogen-bond acceptors (Lipinski definition) is 1. The monoisotopic (exact) mass is 181 g/mol. The number of nitrogens with one attached hydrogen (secondary N) is 1. The summed E-state index contributed by atoms with van der Waals surface area (Å²) in [4.78, 5) is 11.3. The molecule has 1 N–H and O–H groups in total. The highest BCUT2D eigenvalue weighted by Crippen LogP contribution is 2.06. The Morgan fingerprint density at radius 3 is 2.38 bits per heavy atom. The number of rotatable bonds is 4. The molecule has 0 saturated carbocycles. The molecular weight excluding hydrogens is 162 g/mol. The zero-order valence-electron chi connectivity index (χ0n) is 8.98. The Hall–Kier alpha value is -1.05. The number of unbranched alkanes of at least 4 members (excludes halogenated alkanes) is 1. The van der Waals surface area contributed by atoms with Crippen molar-refractivity contribution in [2.45, 2.75) is 33.6 Å². The summed E-state index contributed by atoms with van der Waals surface area (Å²) in [5, 5.41) is 2.63. The summed E-state index contributed by atoms with van der Waals surface area (Å²) in [7, 11) is 1.65. The summed E-state index contributed by atoms with van der Waals surface area (Å²) in [5.74, 6) is -0.00708. The molecule has 13 heavy (non-hydrogen) atoms. The van der Waals surface area contributed by atoms with Gasteiger partial charge in [-0.2, -0.15) is 0 Å². The van der Waals surface area contributed by atoms with E-state index in [2.05, 4.69) is 12.2 Å². The van der Waals surface area contributed by atoms with Crippen molar-refractivity contribution in [3.8, 4) is 0 Å². The van der Waals surface area contributed by atoms with E-state index in [0.29, 0.717) is 0 Å². The zero-order chi connectivity index (χ0) is 10.3. The largest absolute Gasteiger partial charge is 0.355 e. The van der Waals surface area contributed by atoms with Crippen LogP contribution in [0.2, 0.25) is 0 Å². The van der Waals surface area contributed by atoms with Crippen LogP contribution < -0.4 is 5.32 Å². The van der Waals surface area contributed by atoms with Crippen molar-refractivity contribution in [3.05, 3.63) is 23.3 Å². The number of hydrogen-bond donors (Lipinski definition) is 1. The molecule has 0 fully saturated rings. The Morgan fingerprint density at radius 1 is 1.38 bits per heavy atom. The van der Waals surface area contributed by atoms with Gasteiger partial charge >= 0.3 is 0 Å². The smallest absolute Gasteiger partial charge is 0.250 e. The van der Waals surface area contributed by atoms with Gasteiger partial charge in [0.15, 0.2) is 0 Å². The van der Waals surface area contributed by atoms with Crippen molar-refractivity contribution in [2.24, 2.45) is 0 Å². The van der Waals surface area contributed by atoms with E-state index in [1.165, 1.54) is 0 Å². The van der Waals surface area contributed by atoms with Gasteiger partial charge in [0.1, 0.15) is 0 Å². The molecule has 0 aliphatic rings. The summed E-state index contributed by atoms with van der Waals surface area (Å²) in [5.41, 5.74) is 1.82. The van der Waals surface area contributed by atoms with E-state index in [9.17, 15) is 4.79 Å². The lowest BCUT2D eigenvalue weighted by atomic mass is 10.1. The lowest BCUT2D eigenvalue weighted by Gasteiger charge is -2.02. The first-order valence-electron chi connectivity index (χ1n) is 4.69. The van der Waals surface area contributed by atoms with Crippen LogP contribution in [-0.2, 0) is 4.79 Å². The molecule has 0 atom stereocenters. The highest BCUT2D eigenvalue weighted by atomic mass is 16.1. The number of allylic oxidation sites excluding steroid dienone is 2. The molecule has 0 aromatic carbocycles. The van der Waals surface area contributed by atoms with Crippen LogP contribution >= 0.6 is 0 Å². The fraction of sp³-hybridized carbons (Fsp3) is 0.545. The third-order valence-corrected chi connectivity index (χ3v) is 1.75. The van der Waals surface area contributed by atoms with Gasteiger partial charge in [-0.05, 0) is 20.3 Å². The van der Waals surface area contributed by atoms with Crippen molar-refractivity contribution in [1.29, 1.82) is 0 Å². The lowest BCUT2D eigenvalue weighted by Crippen LogP contribution is -2.19. The fourth-order valence-electron chi connectivity index (χ4n) is 0.972. The molecule has 2 heteroatoms. The third-order valence-electron chi connectivity index (χ3n) is 1.75. The quantitative estimate of drug-likeness (QED) is 0.524. The number of carbonyl (C=O) groups excluding carboxylic acids is 1. The van der Waals surface area contributed by atoms with Crippen LogP contribution in [0.3, 0.4) is 0 Å². The van der Waals surface area contributed by atoms with Crippen LogP contribution in [0.4, 0.5) is 0 Å². The minimum atomic E-state index is -0.00708. The average molecular weight is 181 g/mol. The van der Waals surface area contributed by atoms with Crippen LogP contribution in [-0.4, -0.2) is 13.0 Å². The first kappa shape index (κ1) is 11.9. The second-order valence-electron chi connectivity index (χ2n) is 3.18. The molecule has 0 spiro atoms. The van der Waals surface area contributed by atoms with Gasteiger partial charge in [-0.3, -0.25) is 4.79 Å². The minimum absolute atomic E-state index is 0.00708. The molecular formula is C11H19NO. The molecule has 0 heterocycles. The topological polar surface area (TPSA) is 29.1 Å². The zero-order valence-corrected chi connectivity index (χ0v) is 8.98. The van der Waals surface area contributed by atoms with Gasteiger partial charge < -0.3 is 5.32 Å². The normalized spacial score (nSPS) is 10.2. The predicted molar refractivity (Wildman–Crippen MR) is 56.5 cm³/mol. The van der Waals surface area contributed by atoms with E-state index in [-0.39, 0.29) is 5.91 Å². The van der Waals surface area contributed by atoms with E-state index in [1.54, 1.807) is 7.05 Å². The summed E-state index contributed by atoms with van der Waals surface area (Å²) >= 11 is 0. The Labute approximate surface area is 80.7 Å². The lowest BCUT2D eigenvalue weighted by molar-refractivity contribution is -0.116. The number of likely N-dealkylation sites (N-methyl/N-ethyl adjacent to an activating group) is 1. The summed E-state index contributed by atoms with van der Waals surface area (Å²) < 4.78 is 0. The SMILES string of the molecule is CCCC=CC(C(=O)NC)=C(C)C. The van der Waals surface area contributed by atoms with Gasteiger partial charge in [0, 0.05) is 12.6 Å². The van der Waals surface area contributed by atoms with Crippen molar-refractivity contribution < 1.29 is 4.79 Å². The van der Waals surface area contributed by atoms with Crippen LogP contribution in [0.15, 0.2) is 23.3 Å². The highest BCUT2D eigenvalue weighted by Gasteiger charge is 2.03. The van der Waals surface area contributed by atoms with E-state index in [4.69, 9.17) is 0 Å². The number of carbonyl (C=O) groups is 1. The van der Waals surface area contributed by atoms with Crippen molar-refractivity contribution >= 4 is 5.91 Å². The molecule has 0 saturated heterocycles. The van der Waals surface area contributed by atoms with Gasteiger partial charge in [-0.1, -0.05) is 31.1 Å². The van der Waals surface area contributed by atoms with Gasteiger partial charge in [0.25, 0.3) is 5.91 Å². The van der Waals surface area contributed by atoms with Crippen LogP contribution in [0.5, 0.6) is 0 Å². The van der Waals surface area contributed by atoms with Crippen LogP contribution in [0.1, 0.15) is 33.6 Å². The fourth-order valence-corrected chi connectivity index (χ4v) is 0.972. The summed E-state index contributed by atoms with van der Waals surface area (Å²) in [6.07, 6.45) is 6.07. The second kappa shape index (κ2) is 6.46. The van der Waals surface area contributed by atoms with Crippen molar-refractivity contribution in [2.75, 3.05) is 7.05 Å². The predicted octanol–water partition coefficient (Wildman–Crippen LogP) is 2.43. The van der Waals surface area contributed by atoms with Gasteiger partial charge in [-0.25, -0.2) is 0 Å². The standard InChI is InChI=1S/C11H19NO/c1-5-6-7-8-10(9(2)3)11(13)12-4/h7-8H,5-6H2,1-4H3,(H,12,13). The van der Waals surface area contributed by atoms with E-state index in [1.807, 2.05) is 26.0 Å². The maximum absolute atomic E-state index is 11.3. The van der Waals surface area contributed by atoms with E-state index in [0.717, 1.165) is 24.0 Å². The molecule has 0 unspecified atom stereocenters. The summed E-state index contributed by atoms with van der Waals surface area (Å²) in [6, 6.07) is 0. The Balaban J connectivity index is 4.47. The molecule has 0 radical (unpaired) electrons. The van der Waals surface area contributed by atoms with E-state index >= 15 is 0 Å². The first-order chi connectivity index (χ1) is 6.13. The van der Waals surface area contributed by atoms with Gasteiger partial charge in [-0.15, -0.1) is 0 Å². The number of amides is 1. The Kier molecular flexibility index (Phi) is 5.94. The molecule has 0 bridgehead atoms. The van der Waals surface area contributed by atoms with Crippen LogP contribution in [0, 0.1) is 0 Å². The molecule has 0 aliphatic carbocycles. The molecule has 0 rings (SSSR count). The molecule has 0 aromatic rings. The van der Waals surface area contributed by atoms with Crippen molar-refractivity contribution in [1.82, 2.24) is 5.32 Å². The Morgan fingerprint density at radius 2 is 2.00 bits per heavy atom. The van der Waals surface area contributed by atoms with E-state index < -0.39 is 0 Å². The molecule has 0 aliphatic heterocycles. The molecule has 0 aromatic heterocycles. The summed E-state index contributed by atoms with van der Waals surface area (Å²) in [6.45, 7) is 6.01. The van der Waals surface area contributed by atoms with Crippen LogP contribution in [0.25, 0.3) is 0 Å². The highest BCUT2D eigenvalue weighted by molar-refractivity contribution is 5.96. The minimum Gasteiger partial charge on any atom is -0.355 e. The first-order valence-corrected chi connectivity index (χ1v) is 4.69. The average Bonchev–Trinajstić information content (AvgIpc) is 2.11. The maximum atomic E-state index is 11.3. The van der Waals surface area contributed by atoms with Gasteiger partial charge in [0.2, 0.25) is 0 Å². The third kappa shape index (κ3) is 4.51. The molecule has 1 amide bonds. The van der Waals surface area contributed by atoms with Crippen molar-refractivity contribution in [3.63, 3.8) is 0 Å². The second-order valence-corrected chi connectivity index (χ2v) is 3.18.